The molecule has 0 saturated carbocycles. The van der Waals surface area contributed by atoms with Gasteiger partial charge in [0.05, 0.1) is 0 Å². The lowest BCUT2D eigenvalue weighted by atomic mass is 11.1. The molecule has 0 atom stereocenters. The van der Waals surface area contributed by atoms with E-state index in [0.29, 0.717) is 0 Å². The maximum Gasteiger partial charge on any atom is 0.135 e. The molecule has 0 spiro atoms. The smallest absolute Gasteiger partial charge is 0.135 e. The molecule has 0 amide bonds. The molecular formula is C3H9N3O. The molecule has 4 heteroatoms. The third kappa shape index (κ3) is 5.23. The Labute approximate surface area is 42.4 Å². The Morgan fingerprint density at radius 2 is 2.43 bits per heavy atom. The fourth-order valence-corrected chi connectivity index (χ4v) is 0.141. The summed E-state index contributed by atoms with van der Waals surface area (Å²) in [4.78, 5) is 0. The van der Waals surface area contributed by atoms with Crippen molar-refractivity contribution < 1.29 is 5.21 Å². The maximum atomic E-state index is 8.33. The Kier molecular flexibility index (Phi) is 3.04. The Morgan fingerprint density at radius 1 is 1.86 bits per heavy atom. The molecule has 0 saturated heterocycles. The van der Waals surface area contributed by atoms with Gasteiger partial charge >= 0.3 is 0 Å². The average molecular weight is 103 g/mol. The fourth-order valence-electron chi connectivity index (χ4n) is 0.141. The fraction of sp³-hybridized carbons (Fsp3) is 0.667. The first kappa shape index (κ1) is 6.23. The Morgan fingerprint density at radius 3 is 2.57 bits per heavy atom. The zero-order valence-electron chi connectivity index (χ0n) is 4.42. The lowest BCUT2D eigenvalue weighted by Crippen LogP contribution is -2.11. The van der Waals surface area contributed by atoms with Crippen molar-refractivity contribution in [1.29, 1.82) is 0 Å². The van der Waals surface area contributed by atoms with Crippen molar-refractivity contribution in [2.75, 3.05) is 14.1 Å². The number of hydrogen-bond acceptors (Lipinski definition) is 3. The molecule has 0 rings (SSSR count). The maximum absolute atomic E-state index is 8.33. The first-order chi connectivity index (χ1) is 3.27. The zero-order valence-corrected chi connectivity index (χ0v) is 4.42. The molecule has 0 aromatic rings. The molecule has 0 aromatic carbocycles. The summed E-state index contributed by atoms with van der Waals surface area (Å²) in [6, 6.07) is 0. The standard InChI is InChI=1S/C3H9N3O/c1-4-5-3-6(2)7/h3-4,7H,1-2H3/b5-3-. The molecule has 42 valence electrons. The number of hydroxylamine groups is 2. The number of nitrogens with zero attached hydrogens (tertiary/aromatic N) is 2. The zero-order chi connectivity index (χ0) is 5.70. The highest BCUT2D eigenvalue weighted by Crippen LogP contribution is 1.58. The second kappa shape index (κ2) is 3.42. The molecule has 0 bridgehead atoms. The monoisotopic (exact) mass is 103 g/mol. The second-order valence-corrected chi connectivity index (χ2v) is 1.04. The van der Waals surface area contributed by atoms with Gasteiger partial charge in [0.15, 0.2) is 0 Å². The molecule has 4 nitrogen and oxygen atoms in total. The van der Waals surface area contributed by atoms with Crippen LogP contribution in [-0.2, 0) is 0 Å². The highest BCUT2D eigenvalue weighted by molar-refractivity contribution is 5.51. The van der Waals surface area contributed by atoms with Gasteiger partial charge in [-0.05, 0) is 0 Å². The largest absolute Gasteiger partial charge is 0.312 e. The molecule has 0 fully saturated rings. The van der Waals surface area contributed by atoms with Crippen LogP contribution in [-0.4, -0.2) is 30.7 Å². The highest BCUT2D eigenvalue weighted by atomic mass is 16.5. The van der Waals surface area contributed by atoms with E-state index in [4.69, 9.17) is 5.21 Å². The van der Waals surface area contributed by atoms with Gasteiger partial charge in [0.2, 0.25) is 0 Å². The third-order valence-corrected chi connectivity index (χ3v) is 0.354. The predicted octanol–water partition coefficient (Wildman–Crippen LogP) is -0.530. The molecule has 2 N–H and O–H groups in total. The molecule has 0 aliphatic rings. The van der Waals surface area contributed by atoms with Crippen molar-refractivity contribution >= 4 is 6.34 Å². The van der Waals surface area contributed by atoms with E-state index >= 15 is 0 Å². The average Bonchev–Trinajstić information content (AvgIpc) is 1.61. The minimum atomic E-state index is 0.858. The van der Waals surface area contributed by atoms with E-state index in [9.17, 15) is 0 Å². The van der Waals surface area contributed by atoms with Gasteiger partial charge < -0.3 is 5.43 Å². The van der Waals surface area contributed by atoms with Crippen molar-refractivity contribution in [1.82, 2.24) is 10.5 Å². The van der Waals surface area contributed by atoms with Gasteiger partial charge in [-0.2, -0.15) is 5.10 Å². The summed E-state index contributed by atoms with van der Waals surface area (Å²) < 4.78 is 0. The predicted molar refractivity (Wildman–Crippen MR) is 27.1 cm³/mol. The summed E-state index contributed by atoms with van der Waals surface area (Å²) in [5.74, 6) is 0. The summed E-state index contributed by atoms with van der Waals surface area (Å²) in [5.41, 5.74) is 2.47. The van der Waals surface area contributed by atoms with Crippen molar-refractivity contribution in [2.24, 2.45) is 5.10 Å². The summed E-state index contributed by atoms with van der Waals surface area (Å²) in [6.07, 6.45) is 1.25. The molecule has 0 radical (unpaired) electrons. The minimum absolute atomic E-state index is 0.858. The van der Waals surface area contributed by atoms with Crippen LogP contribution in [0.15, 0.2) is 5.10 Å². The van der Waals surface area contributed by atoms with E-state index < -0.39 is 0 Å². The van der Waals surface area contributed by atoms with E-state index in [2.05, 4.69) is 10.5 Å². The van der Waals surface area contributed by atoms with E-state index in [0.717, 1.165) is 5.06 Å². The van der Waals surface area contributed by atoms with Gasteiger partial charge in [0.25, 0.3) is 0 Å². The van der Waals surface area contributed by atoms with Crippen LogP contribution in [0.25, 0.3) is 0 Å². The van der Waals surface area contributed by atoms with Gasteiger partial charge in [-0.1, -0.05) is 0 Å². The highest BCUT2D eigenvalue weighted by Gasteiger charge is 1.72. The van der Waals surface area contributed by atoms with Crippen LogP contribution in [0.2, 0.25) is 0 Å². The van der Waals surface area contributed by atoms with E-state index in [-0.39, 0.29) is 0 Å². The quantitative estimate of drug-likeness (QED) is 0.280. The van der Waals surface area contributed by atoms with Gasteiger partial charge in [-0.15, -0.1) is 0 Å². The molecular weight excluding hydrogens is 94.1 g/mol. The Bertz CT molecular complexity index is 61.2. The minimum Gasteiger partial charge on any atom is -0.312 e. The van der Waals surface area contributed by atoms with E-state index in [1.54, 1.807) is 7.05 Å². The van der Waals surface area contributed by atoms with Crippen LogP contribution in [0.4, 0.5) is 0 Å². The lowest BCUT2D eigenvalue weighted by molar-refractivity contribution is 0.0195. The number of nitrogens with one attached hydrogen (secondary N) is 1. The van der Waals surface area contributed by atoms with Crippen LogP contribution in [0.1, 0.15) is 0 Å². The first-order valence-electron chi connectivity index (χ1n) is 1.89. The summed E-state index contributed by atoms with van der Waals surface area (Å²) in [6.45, 7) is 0. The van der Waals surface area contributed by atoms with Crippen molar-refractivity contribution in [3.05, 3.63) is 0 Å². The second-order valence-electron chi connectivity index (χ2n) is 1.04. The van der Waals surface area contributed by atoms with Crippen molar-refractivity contribution in [3.63, 3.8) is 0 Å². The molecule has 0 unspecified atom stereocenters. The van der Waals surface area contributed by atoms with Gasteiger partial charge in [-0.3, -0.25) is 5.21 Å². The van der Waals surface area contributed by atoms with Crippen molar-refractivity contribution in [3.8, 4) is 0 Å². The van der Waals surface area contributed by atoms with Crippen molar-refractivity contribution in [2.45, 2.75) is 0 Å². The molecule has 0 aliphatic heterocycles. The normalized spacial score (nSPS) is 9.57. The Balaban J connectivity index is 3.08. The first-order valence-corrected chi connectivity index (χ1v) is 1.89. The van der Waals surface area contributed by atoms with Gasteiger partial charge in [0.1, 0.15) is 6.34 Å². The Hall–Kier alpha value is -0.770. The van der Waals surface area contributed by atoms with E-state index in [1.165, 1.54) is 13.4 Å². The number of hydrazone groups is 1. The van der Waals surface area contributed by atoms with Crippen LogP contribution in [0.3, 0.4) is 0 Å². The van der Waals surface area contributed by atoms with Crippen LogP contribution < -0.4 is 5.43 Å². The summed E-state index contributed by atoms with van der Waals surface area (Å²) in [7, 11) is 3.13. The summed E-state index contributed by atoms with van der Waals surface area (Å²) in [5, 5.41) is 12.7. The van der Waals surface area contributed by atoms with Gasteiger partial charge in [-0.25, -0.2) is 5.06 Å². The third-order valence-electron chi connectivity index (χ3n) is 0.354. The number of rotatable bonds is 2. The molecule has 0 aliphatic carbocycles. The lowest BCUT2D eigenvalue weighted by Gasteiger charge is -1.97. The van der Waals surface area contributed by atoms with Crippen LogP contribution >= 0.6 is 0 Å². The molecule has 7 heavy (non-hydrogen) atoms. The molecule has 0 heterocycles. The van der Waals surface area contributed by atoms with Crippen LogP contribution in [0, 0.1) is 0 Å². The van der Waals surface area contributed by atoms with Gasteiger partial charge in [0, 0.05) is 14.1 Å². The van der Waals surface area contributed by atoms with E-state index in [1.807, 2.05) is 0 Å². The topological polar surface area (TPSA) is 47.9 Å². The summed E-state index contributed by atoms with van der Waals surface area (Å²) >= 11 is 0. The SMILES string of the molecule is CN/N=C\N(C)O. The van der Waals surface area contributed by atoms with Crippen LogP contribution in [0.5, 0.6) is 0 Å². The number of hydrogen-bond donors (Lipinski definition) is 2. The molecule has 0 aromatic heterocycles.